The molecular formula is C16H18ClN3S. The van der Waals surface area contributed by atoms with E-state index in [1.165, 1.54) is 11.1 Å². The van der Waals surface area contributed by atoms with E-state index in [1.807, 2.05) is 6.92 Å². The van der Waals surface area contributed by atoms with Gasteiger partial charge in [0, 0.05) is 30.6 Å². The second-order valence-electron chi connectivity index (χ2n) is 5.17. The molecule has 0 atom stereocenters. The SMILES string of the molecule is Cc1nc(CCn2c(CCCl)nc3c(C)cccc32)cs1. The number of halogens is 1. The highest BCUT2D eigenvalue weighted by Gasteiger charge is 2.12. The van der Waals surface area contributed by atoms with Crippen molar-refractivity contribution in [3.8, 4) is 0 Å². The number of para-hydroxylation sites is 1. The quantitative estimate of drug-likeness (QED) is 0.662. The van der Waals surface area contributed by atoms with Gasteiger partial charge in [-0.3, -0.25) is 0 Å². The molecule has 2 aromatic heterocycles. The number of aromatic nitrogens is 3. The number of hydrogen-bond donors (Lipinski definition) is 0. The predicted octanol–water partition coefficient (Wildman–Crippen LogP) is 4.13. The third kappa shape index (κ3) is 2.97. The van der Waals surface area contributed by atoms with Gasteiger partial charge in [0.1, 0.15) is 5.82 Å². The summed E-state index contributed by atoms with van der Waals surface area (Å²) < 4.78 is 2.29. The molecule has 0 saturated heterocycles. The number of fused-ring (bicyclic) bond motifs is 1. The van der Waals surface area contributed by atoms with Gasteiger partial charge in [-0.25, -0.2) is 9.97 Å². The number of hydrogen-bond acceptors (Lipinski definition) is 3. The summed E-state index contributed by atoms with van der Waals surface area (Å²) in [6.45, 7) is 5.05. The number of benzene rings is 1. The molecule has 0 N–H and O–H groups in total. The summed E-state index contributed by atoms with van der Waals surface area (Å²) in [4.78, 5) is 9.32. The van der Waals surface area contributed by atoms with Crippen LogP contribution in [0.25, 0.3) is 11.0 Å². The third-order valence-corrected chi connectivity index (χ3v) is 4.65. The zero-order valence-corrected chi connectivity index (χ0v) is 13.8. The Hall–Kier alpha value is -1.39. The number of rotatable bonds is 5. The Balaban J connectivity index is 1.95. The third-order valence-electron chi connectivity index (χ3n) is 3.64. The molecule has 3 nitrogen and oxygen atoms in total. The molecule has 0 fully saturated rings. The average Bonchev–Trinajstić information content (AvgIpc) is 3.02. The molecular weight excluding hydrogens is 302 g/mol. The molecule has 3 aromatic rings. The second-order valence-corrected chi connectivity index (χ2v) is 6.61. The summed E-state index contributed by atoms with van der Waals surface area (Å²) in [5, 5.41) is 3.26. The second kappa shape index (κ2) is 6.16. The van der Waals surface area contributed by atoms with Gasteiger partial charge >= 0.3 is 0 Å². The van der Waals surface area contributed by atoms with Crippen molar-refractivity contribution in [3.63, 3.8) is 0 Å². The molecule has 0 radical (unpaired) electrons. The standard InChI is InChI=1S/C16H18ClN3S/c1-11-4-3-5-14-16(11)19-15(6-8-17)20(14)9-7-13-10-21-12(2)18-13/h3-5,10H,6-9H2,1-2H3. The zero-order chi connectivity index (χ0) is 14.8. The normalized spacial score (nSPS) is 11.4. The summed E-state index contributed by atoms with van der Waals surface area (Å²) in [7, 11) is 0. The number of alkyl halides is 1. The van der Waals surface area contributed by atoms with Gasteiger partial charge in [0.05, 0.1) is 21.7 Å². The Morgan fingerprint density at radius 1 is 1.19 bits per heavy atom. The molecule has 0 aliphatic rings. The molecule has 3 rings (SSSR count). The minimum Gasteiger partial charge on any atom is -0.328 e. The molecule has 0 aliphatic carbocycles. The summed E-state index contributed by atoms with van der Waals surface area (Å²) >= 11 is 7.64. The Morgan fingerprint density at radius 2 is 2.05 bits per heavy atom. The van der Waals surface area contributed by atoms with Gasteiger partial charge < -0.3 is 4.57 Å². The van der Waals surface area contributed by atoms with Crippen molar-refractivity contribution in [2.24, 2.45) is 0 Å². The minimum absolute atomic E-state index is 0.595. The van der Waals surface area contributed by atoms with Gasteiger partial charge in [0.2, 0.25) is 0 Å². The van der Waals surface area contributed by atoms with E-state index in [-0.39, 0.29) is 0 Å². The zero-order valence-electron chi connectivity index (χ0n) is 12.3. The summed E-state index contributed by atoms with van der Waals surface area (Å²) in [5.41, 5.74) is 4.66. The van der Waals surface area contributed by atoms with E-state index in [4.69, 9.17) is 16.6 Å². The number of aryl methyl sites for hydroxylation is 5. The van der Waals surface area contributed by atoms with Crippen molar-refractivity contribution >= 4 is 34.0 Å². The fraction of sp³-hybridized carbons (Fsp3) is 0.375. The van der Waals surface area contributed by atoms with Crippen molar-refractivity contribution in [2.45, 2.75) is 33.2 Å². The summed E-state index contributed by atoms with van der Waals surface area (Å²) in [6.07, 6.45) is 1.73. The molecule has 110 valence electrons. The first-order chi connectivity index (χ1) is 10.2. The Morgan fingerprint density at radius 3 is 2.76 bits per heavy atom. The van der Waals surface area contributed by atoms with Crippen LogP contribution >= 0.6 is 22.9 Å². The fourth-order valence-corrected chi connectivity index (χ4v) is 3.43. The monoisotopic (exact) mass is 319 g/mol. The van der Waals surface area contributed by atoms with Crippen LogP contribution < -0.4 is 0 Å². The lowest BCUT2D eigenvalue weighted by Gasteiger charge is -2.07. The molecule has 0 saturated carbocycles. The maximum Gasteiger partial charge on any atom is 0.111 e. The van der Waals surface area contributed by atoms with Gasteiger partial charge in [-0.2, -0.15) is 0 Å². The maximum atomic E-state index is 5.93. The maximum absolute atomic E-state index is 5.93. The highest BCUT2D eigenvalue weighted by Crippen LogP contribution is 2.21. The van der Waals surface area contributed by atoms with Crippen LogP contribution in [0.1, 0.15) is 22.1 Å². The van der Waals surface area contributed by atoms with Gasteiger partial charge in [0.15, 0.2) is 0 Å². The largest absolute Gasteiger partial charge is 0.328 e. The molecule has 0 bridgehead atoms. The summed E-state index contributed by atoms with van der Waals surface area (Å²) in [6, 6.07) is 6.33. The average molecular weight is 320 g/mol. The minimum atomic E-state index is 0.595. The van der Waals surface area contributed by atoms with Gasteiger partial charge in [-0.15, -0.1) is 22.9 Å². The van der Waals surface area contributed by atoms with E-state index < -0.39 is 0 Å². The van der Waals surface area contributed by atoms with Crippen LogP contribution in [0.15, 0.2) is 23.6 Å². The first-order valence-electron chi connectivity index (χ1n) is 7.10. The van der Waals surface area contributed by atoms with Crippen LogP contribution in [-0.4, -0.2) is 20.4 Å². The summed E-state index contributed by atoms with van der Waals surface area (Å²) in [5.74, 6) is 1.67. The van der Waals surface area contributed by atoms with E-state index in [2.05, 4.69) is 40.1 Å². The van der Waals surface area contributed by atoms with Crippen LogP contribution in [0.2, 0.25) is 0 Å². The van der Waals surface area contributed by atoms with Crippen molar-refractivity contribution in [3.05, 3.63) is 45.7 Å². The molecule has 0 amide bonds. The lowest BCUT2D eigenvalue weighted by atomic mass is 10.2. The number of imidazole rings is 1. The van der Waals surface area contributed by atoms with Gasteiger partial charge in [-0.05, 0) is 25.5 Å². The molecule has 0 unspecified atom stereocenters. The van der Waals surface area contributed by atoms with E-state index in [9.17, 15) is 0 Å². The van der Waals surface area contributed by atoms with Crippen LogP contribution in [-0.2, 0) is 19.4 Å². The molecule has 21 heavy (non-hydrogen) atoms. The Bertz CT molecular complexity index is 760. The number of thiazole rings is 1. The van der Waals surface area contributed by atoms with Crippen molar-refractivity contribution in [2.75, 3.05) is 5.88 Å². The molecule has 0 spiro atoms. The first kappa shape index (κ1) is 14.5. The van der Waals surface area contributed by atoms with Crippen LogP contribution in [0.4, 0.5) is 0 Å². The Labute approximate surface area is 133 Å². The number of nitrogens with zero attached hydrogens (tertiary/aromatic N) is 3. The smallest absolute Gasteiger partial charge is 0.111 e. The molecule has 5 heteroatoms. The van der Waals surface area contributed by atoms with Gasteiger partial charge in [0.25, 0.3) is 0 Å². The van der Waals surface area contributed by atoms with Crippen molar-refractivity contribution in [1.29, 1.82) is 0 Å². The van der Waals surface area contributed by atoms with Crippen molar-refractivity contribution < 1.29 is 0 Å². The van der Waals surface area contributed by atoms with Crippen molar-refractivity contribution in [1.82, 2.24) is 14.5 Å². The van der Waals surface area contributed by atoms with Gasteiger partial charge in [-0.1, -0.05) is 12.1 Å². The van der Waals surface area contributed by atoms with Crippen LogP contribution in [0.5, 0.6) is 0 Å². The predicted molar refractivity (Wildman–Crippen MR) is 89.4 cm³/mol. The highest BCUT2D eigenvalue weighted by atomic mass is 35.5. The van der Waals surface area contributed by atoms with Crippen LogP contribution in [0.3, 0.4) is 0 Å². The molecule has 0 aliphatic heterocycles. The fourth-order valence-electron chi connectivity index (χ4n) is 2.61. The van der Waals surface area contributed by atoms with E-state index in [1.54, 1.807) is 11.3 Å². The highest BCUT2D eigenvalue weighted by molar-refractivity contribution is 7.09. The lowest BCUT2D eigenvalue weighted by Crippen LogP contribution is -2.07. The topological polar surface area (TPSA) is 30.7 Å². The van der Waals surface area contributed by atoms with E-state index in [0.717, 1.165) is 41.4 Å². The van der Waals surface area contributed by atoms with E-state index in [0.29, 0.717) is 5.88 Å². The Kier molecular flexibility index (Phi) is 4.27. The molecule has 2 heterocycles. The first-order valence-corrected chi connectivity index (χ1v) is 8.52. The lowest BCUT2D eigenvalue weighted by molar-refractivity contribution is 0.667. The molecule has 1 aromatic carbocycles. The van der Waals surface area contributed by atoms with Crippen LogP contribution in [0, 0.1) is 13.8 Å². The van der Waals surface area contributed by atoms with E-state index >= 15 is 0 Å².